The van der Waals surface area contributed by atoms with Crippen molar-refractivity contribution in [2.75, 3.05) is 19.7 Å². The van der Waals surface area contributed by atoms with E-state index < -0.39 is 0 Å². The normalized spacial score (nSPS) is 18.3. The topological polar surface area (TPSA) is 52.6 Å². The number of rotatable bonds is 4. The number of carbonyl (C=O) groups is 1. The van der Waals surface area contributed by atoms with Crippen LogP contribution >= 0.6 is 0 Å². The number of likely N-dealkylation sites (tertiary alicyclic amines) is 1. The third-order valence-electron chi connectivity index (χ3n) is 2.69. The fourth-order valence-corrected chi connectivity index (χ4v) is 1.72. The Balaban J connectivity index is 2.29. The van der Waals surface area contributed by atoms with E-state index in [-0.39, 0.29) is 18.7 Å². The Morgan fingerprint density at radius 3 is 2.64 bits per heavy atom. The molecule has 1 heterocycles. The van der Waals surface area contributed by atoms with Crippen LogP contribution in [0.25, 0.3) is 0 Å². The predicted octanol–water partition coefficient (Wildman–Crippen LogP) is 0.953. The van der Waals surface area contributed by atoms with Crippen LogP contribution in [0.15, 0.2) is 0 Å². The van der Waals surface area contributed by atoms with Crippen molar-refractivity contribution < 1.29 is 9.90 Å². The molecular weight excluding hydrogens is 180 g/mol. The van der Waals surface area contributed by atoms with Gasteiger partial charge in [0, 0.05) is 25.7 Å². The van der Waals surface area contributed by atoms with Crippen molar-refractivity contribution in [1.82, 2.24) is 10.2 Å². The van der Waals surface area contributed by atoms with E-state index in [0.717, 1.165) is 32.4 Å². The third kappa shape index (κ3) is 3.18. The average molecular weight is 200 g/mol. The number of amides is 2. The molecule has 2 amide bonds. The first kappa shape index (κ1) is 11.3. The maximum atomic E-state index is 11.6. The first-order chi connectivity index (χ1) is 6.77. The van der Waals surface area contributed by atoms with E-state index in [1.165, 1.54) is 0 Å². The van der Waals surface area contributed by atoms with E-state index >= 15 is 0 Å². The van der Waals surface area contributed by atoms with Crippen LogP contribution in [0, 0.1) is 0 Å². The summed E-state index contributed by atoms with van der Waals surface area (Å²) in [5.74, 6) is 0. The third-order valence-corrected chi connectivity index (χ3v) is 2.69. The van der Waals surface area contributed by atoms with Gasteiger partial charge in [0.1, 0.15) is 0 Å². The summed E-state index contributed by atoms with van der Waals surface area (Å²) in [7, 11) is 0. The quantitative estimate of drug-likeness (QED) is 0.710. The molecule has 4 heteroatoms. The van der Waals surface area contributed by atoms with Crippen LogP contribution in [0.1, 0.15) is 32.6 Å². The van der Waals surface area contributed by atoms with Gasteiger partial charge in [0.25, 0.3) is 0 Å². The lowest BCUT2D eigenvalue weighted by Gasteiger charge is -2.21. The molecule has 1 aliphatic rings. The highest BCUT2D eigenvalue weighted by molar-refractivity contribution is 5.74. The zero-order chi connectivity index (χ0) is 10.4. The van der Waals surface area contributed by atoms with Crippen LogP contribution < -0.4 is 5.32 Å². The first-order valence-corrected chi connectivity index (χ1v) is 5.44. The largest absolute Gasteiger partial charge is 0.396 e. The molecule has 0 radical (unpaired) electrons. The van der Waals surface area contributed by atoms with Gasteiger partial charge in [0.15, 0.2) is 0 Å². The van der Waals surface area contributed by atoms with Crippen LogP contribution in [-0.4, -0.2) is 41.8 Å². The summed E-state index contributed by atoms with van der Waals surface area (Å²) in [5.41, 5.74) is 0. The second-order valence-electron chi connectivity index (χ2n) is 3.76. The van der Waals surface area contributed by atoms with Crippen molar-refractivity contribution in [2.24, 2.45) is 0 Å². The van der Waals surface area contributed by atoms with E-state index in [4.69, 9.17) is 5.11 Å². The van der Waals surface area contributed by atoms with Gasteiger partial charge in [0.2, 0.25) is 0 Å². The van der Waals surface area contributed by atoms with Crippen molar-refractivity contribution in [3.8, 4) is 0 Å². The first-order valence-electron chi connectivity index (χ1n) is 5.44. The summed E-state index contributed by atoms with van der Waals surface area (Å²) in [6.45, 7) is 3.91. The van der Waals surface area contributed by atoms with E-state index in [1.54, 1.807) is 0 Å². The highest BCUT2D eigenvalue weighted by Crippen LogP contribution is 2.08. The molecular formula is C10H20N2O2. The van der Waals surface area contributed by atoms with Gasteiger partial charge in [-0.1, -0.05) is 6.92 Å². The average Bonchev–Trinajstić information content (AvgIpc) is 2.69. The number of hydrogen-bond donors (Lipinski definition) is 2. The smallest absolute Gasteiger partial charge is 0.317 e. The molecule has 1 fully saturated rings. The van der Waals surface area contributed by atoms with Gasteiger partial charge in [-0.25, -0.2) is 4.79 Å². The van der Waals surface area contributed by atoms with Gasteiger partial charge in [-0.05, 0) is 25.7 Å². The van der Waals surface area contributed by atoms with Crippen LogP contribution in [0.5, 0.6) is 0 Å². The standard InChI is InChI=1S/C10H20N2O2/c1-2-9(5-8-13)11-10(14)12-6-3-4-7-12/h9,13H,2-8H2,1H3,(H,11,14). The number of nitrogens with one attached hydrogen (secondary N) is 1. The summed E-state index contributed by atoms with van der Waals surface area (Å²) in [6.07, 6.45) is 3.75. The number of nitrogens with zero attached hydrogens (tertiary/aromatic N) is 1. The minimum absolute atomic E-state index is 0.0304. The molecule has 14 heavy (non-hydrogen) atoms. The Bertz CT molecular complexity index is 179. The zero-order valence-corrected chi connectivity index (χ0v) is 8.83. The number of urea groups is 1. The number of aliphatic hydroxyl groups is 1. The van der Waals surface area contributed by atoms with E-state index in [1.807, 2.05) is 11.8 Å². The molecule has 0 bridgehead atoms. The summed E-state index contributed by atoms with van der Waals surface area (Å²) >= 11 is 0. The lowest BCUT2D eigenvalue weighted by molar-refractivity contribution is 0.198. The molecule has 0 saturated carbocycles. The molecule has 0 spiro atoms. The maximum absolute atomic E-state index is 11.6. The molecule has 0 aromatic rings. The highest BCUT2D eigenvalue weighted by Gasteiger charge is 2.19. The van der Waals surface area contributed by atoms with Gasteiger partial charge in [-0.15, -0.1) is 0 Å². The molecule has 1 saturated heterocycles. The van der Waals surface area contributed by atoms with E-state index in [0.29, 0.717) is 6.42 Å². The van der Waals surface area contributed by atoms with Gasteiger partial charge in [-0.2, -0.15) is 0 Å². The highest BCUT2D eigenvalue weighted by atomic mass is 16.3. The fourth-order valence-electron chi connectivity index (χ4n) is 1.72. The molecule has 0 aromatic heterocycles. The van der Waals surface area contributed by atoms with Crippen LogP contribution in [0.2, 0.25) is 0 Å². The van der Waals surface area contributed by atoms with Crippen molar-refractivity contribution in [2.45, 2.75) is 38.6 Å². The van der Waals surface area contributed by atoms with Crippen molar-refractivity contribution in [3.63, 3.8) is 0 Å². The Kier molecular flexibility index (Phi) is 4.73. The van der Waals surface area contributed by atoms with E-state index in [9.17, 15) is 4.79 Å². The molecule has 2 N–H and O–H groups in total. The molecule has 4 nitrogen and oxygen atoms in total. The van der Waals surface area contributed by atoms with Crippen molar-refractivity contribution in [1.29, 1.82) is 0 Å². The maximum Gasteiger partial charge on any atom is 0.317 e. The molecule has 0 aliphatic carbocycles. The molecule has 1 atom stereocenters. The second kappa shape index (κ2) is 5.86. The number of aliphatic hydroxyl groups excluding tert-OH is 1. The fraction of sp³-hybridized carbons (Fsp3) is 0.900. The summed E-state index contributed by atoms with van der Waals surface area (Å²) in [5, 5.41) is 11.7. The molecule has 0 aromatic carbocycles. The van der Waals surface area contributed by atoms with Gasteiger partial charge >= 0.3 is 6.03 Å². The SMILES string of the molecule is CCC(CCO)NC(=O)N1CCCC1. The van der Waals surface area contributed by atoms with Crippen molar-refractivity contribution in [3.05, 3.63) is 0 Å². The second-order valence-corrected chi connectivity index (χ2v) is 3.76. The van der Waals surface area contributed by atoms with E-state index in [2.05, 4.69) is 5.32 Å². The van der Waals surface area contributed by atoms with Gasteiger partial charge in [-0.3, -0.25) is 0 Å². The summed E-state index contributed by atoms with van der Waals surface area (Å²) in [4.78, 5) is 13.5. The molecule has 1 unspecified atom stereocenters. The predicted molar refractivity (Wildman–Crippen MR) is 55.1 cm³/mol. The van der Waals surface area contributed by atoms with Crippen LogP contribution in [0.4, 0.5) is 4.79 Å². The summed E-state index contributed by atoms with van der Waals surface area (Å²) in [6, 6.07) is 0.149. The van der Waals surface area contributed by atoms with Gasteiger partial charge in [0.05, 0.1) is 0 Å². The zero-order valence-electron chi connectivity index (χ0n) is 8.83. The minimum Gasteiger partial charge on any atom is -0.396 e. The summed E-state index contributed by atoms with van der Waals surface area (Å²) < 4.78 is 0. The Morgan fingerprint density at radius 1 is 1.50 bits per heavy atom. The Morgan fingerprint density at radius 2 is 2.14 bits per heavy atom. The number of carbonyl (C=O) groups excluding carboxylic acids is 1. The molecule has 1 rings (SSSR count). The Hall–Kier alpha value is -0.770. The van der Waals surface area contributed by atoms with Crippen LogP contribution in [-0.2, 0) is 0 Å². The Labute approximate surface area is 85.3 Å². The minimum atomic E-state index is 0.0304. The monoisotopic (exact) mass is 200 g/mol. The molecule has 82 valence electrons. The lowest BCUT2D eigenvalue weighted by atomic mass is 10.2. The number of hydrogen-bond acceptors (Lipinski definition) is 2. The lowest BCUT2D eigenvalue weighted by Crippen LogP contribution is -2.43. The molecule has 1 aliphatic heterocycles. The van der Waals surface area contributed by atoms with Crippen molar-refractivity contribution >= 4 is 6.03 Å². The van der Waals surface area contributed by atoms with Crippen LogP contribution in [0.3, 0.4) is 0 Å². The van der Waals surface area contributed by atoms with Gasteiger partial charge < -0.3 is 15.3 Å².